The molecule has 0 amide bonds. The highest BCUT2D eigenvalue weighted by Gasteiger charge is 2.17. The van der Waals surface area contributed by atoms with Crippen LogP contribution in [0.4, 0.5) is 0 Å². The number of nitrogens with zero attached hydrogens (tertiary/aromatic N) is 1. The van der Waals surface area contributed by atoms with Crippen LogP contribution in [0, 0.1) is 0 Å². The lowest BCUT2D eigenvalue weighted by Gasteiger charge is -1.99. The molecule has 2 rings (SSSR count). The smallest absolute Gasteiger partial charge is 0.263 e. The van der Waals surface area contributed by atoms with Crippen LogP contribution < -0.4 is 0 Å². The van der Waals surface area contributed by atoms with E-state index in [0.29, 0.717) is 11.9 Å². The van der Waals surface area contributed by atoms with Crippen LogP contribution in [-0.2, 0) is 15.6 Å². The average Bonchev–Trinajstić information content (AvgIpc) is 2.65. The highest BCUT2D eigenvalue weighted by atomic mass is 35.7. The van der Waals surface area contributed by atoms with E-state index in [1.807, 2.05) is 35.8 Å². The van der Waals surface area contributed by atoms with Crippen molar-refractivity contribution < 1.29 is 8.42 Å². The van der Waals surface area contributed by atoms with E-state index in [0.717, 1.165) is 5.52 Å². The molecule has 0 spiro atoms. The Bertz CT molecular complexity index is 671. The molecule has 3 nitrogen and oxygen atoms in total. The highest BCUT2D eigenvalue weighted by Crippen LogP contribution is 2.27. The van der Waals surface area contributed by atoms with Crippen LogP contribution in [0.5, 0.6) is 0 Å². The van der Waals surface area contributed by atoms with Gasteiger partial charge < -0.3 is 4.57 Å². The Kier molecular flexibility index (Phi) is 3.26. The first-order chi connectivity index (χ1) is 8.04. The van der Waals surface area contributed by atoms with Crippen molar-refractivity contribution in [2.45, 2.75) is 18.4 Å². The van der Waals surface area contributed by atoms with Gasteiger partial charge in [-0.2, -0.15) is 0 Å². The molecule has 0 bridgehead atoms. The first-order valence-corrected chi connectivity index (χ1v) is 7.48. The third-order valence-electron chi connectivity index (χ3n) is 2.55. The maximum atomic E-state index is 11.5. The number of allylic oxidation sites excluding steroid dienone is 2. The number of benzene rings is 1. The summed E-state index contributed by atoms with van der Waals surface area (Å²) in [5.74, 6) is 0. The molecule has 1 aromatic heterocycles. The second-order valence-electron chi connectivity index (χ2n) is 3.67. The van der Waals surface area contributed by atoms with Crippen LogP contribution in [-0.4, -0.2) is 13.0 Å². The maximum absolute atomic E-state index is 11.5. The van der Waals surface area contributed by atoms with Gasteiger partial charge in [-0.15, -0.1) is 0 Å². The van der Waals surface area contributed by atoms with E-state index in [1.54, 1.807) is 18.3 Å². The number of aromatic nitrogens is 1. The summed E-state index contributed by atoms with van der Waals surface area (Å²) < 4.78 is 24.8. The molecule has 17 heavy (non-hydrogen) atoms. The lowest BCUT2D eigenvalue weighted by molar-refractivity contribution is 0.610. The van der Waals surface area contributed by atoms with Gasteiger partial charge in [0.1, 0.15) is 4.90 Å². The molecule has 90 valence electrons. The van der Waals surface area contributed by atoms with Crippen molar-refractivity contribution in [3.05, 3.63) is 42.6 Å². The molecule has 0 saturated carbocycles. The molecule has 0 N–H and O–H groups in total. The molecule has 0 saturated heterocycles. The zero-order chi connectivity index (χ0) is 12.5. The number of halogens is 1. The van der Waals surface area contributed by atoms with E-state index < -0.39 is 9.05 Å². The Morgan fingerprint density at radius 3 is 2.71 bits per heavy atom. The van der Waals surface area contributed by atoms with Gasteiger partial charge in [-0.25, -0.2) is 8.42 Å². The second kappa shape index (κ2) is 4.55. The quantitative estimate of drug-likeness (QED) is 0.634. The largest absolute Gasteiger partial charge is 0.342 e. The van der Waals surface area contributed by atoms with E-state index >= 15 is 0 Å². The number of rotatable bonds is 3. The zero-order valence-corrected chi connectivity index (χ0v) is 10.9. The van der Waals surface area contributed by atoms with Crippen molar-refractivity contribution in [3.63, 3.8) is 0 Å². The summed E-state index contributed by atoms with van der Waals surface area (Å²) in [6, 6.07) is 7.31. The molecular formula is C12H12ClNO2S. The topological polar surface area (TPSA) is 39.1 Å². The van der Waals surface area contributed by atoms with Crippen molar-refractivity contribution in [2.24, 2.45) is 0 Å². The fraction of sp³-hybridized carbons (Fsp3) is 0.167. The van der Waals surface area contributed by atoms with Gasteiger partial charge in [-0.3, -0.25) is 0 Å². The molecule has 0 fully saturated rings. The number of fused-ring (bicyclic) bond motifs is 1. The Balaban J connectivity index is 2.71. The highest BCUT2D eigenvalue weighted by molar-refractivity contribution is 8.14. The average molecular weight is 270 g/mol. The molecular weight excluding hydrogens is 258 g/mol. The predicted molar refractivity (Wildman–Crippen MR) is 69.8 cm³/mol. The summed E-state index contributed by atoms with van der Waals surface area (Å²) in [5.41, 5.74) is 0.866. The minimum absolute atomic E-state index is 0.166. The molecule has 0 atom stereocenters. The molecule has 1 aromatic carbocycles. The van der Waals surface area contributed by atoms with Gasteiger partial charge in [0.2, 0.25) is 0 Å². The van der Waals surface area contributed by atoms with Gasteiger partial charge in [0, 0.05) is 34.3 Å². The van der Waals surface area contributed by atoms with Gasteiger partial charge in [0.25, 0.3) is 9.05 Å². The van der Waals surface area contributed by atoms with Crippen molar-refractivity contribution in [1.82, 2.24) is 4.57 Å². The molecule has 0 aliphatic rings. The van der Waals surface area contributed by atoms with Gasteiger partial charge in [0.15, 0.2) is 0 Å². The molecule has 5 heteroatoms. The standard InChI is InChI=1S/C12H12ClNO2S/c1-2-3-8-14-9-12(17(13,15)16)10-6-4-5-7-11(10)14/h2-7,9H,8H2,1H3/b3-2+. The van der Waals surface area contributed by atoms with E-state index in [-0.39, 0.29) is 4.90 Å². The first kappa shape index (κ1) is 12.2. The molecule has 1 heterocycles. The fourth-order valence-electron chi connectivity index (χ4n) is 1.78. The van der Waals surface area contributed by atoms with Crippen LogP contribution in [0.25, 0.3) is 10.9 Å². The summed E-state index contributed by atoms with van der Waals surface area (Å²) >= 11 is 0. The Labute approximate surface area is 105 Å². The van der Waals surface area contributed by atoms with Gasteiger partial charge in [-0.1, -0.05) is 30.4 Å². The zero-order valence-electron chi connectivity index (χ0n) is 9.30. The van der Waals surface area contributed by atoms with Crippen LogP contribution in [0.1, 0.15) is 6.92 Å². The molecule has 0 radical (unpaired) electrons. The lowest BCUT2D eigenvalue weighted by Crippen LogP contribution is -1.92. The Morgan fingerprint density at radius 2 is 2.06 bits per heavy atom. The van der Waals surface area contributed by atoms with E-state index in [9.17, 15) is 8.42 Å². The molecule has 2 aromatic rings. The number of hydrogen-bond donors (Lipinski definition) is 0. The van der Waals surface area contributed by atoms with E-state index in [1.165, 1.54) is 0 Å². The summed E-state index contributed by atoms with van der Waals surface area (Å²) in [4.78, 5) is 0.166. The lowest BCUT2D eigenvalue weighted by atomic mass is 10.2. The SMILES string of the molecule is C/C=C/Cn1cc(S(=O)(=O)Cl)c2ccccc21. The summed E-state index contributed by atoms with van der Waals surface area (Å²) in [6.07, 6.45) is 5.45. The van der Waals surface area contributed by atoms with Crippen LogP contribution in [0.3, 0.4) is 0 Å². The Hall–Kier alpha value is -1.26. The minimum atomic E-state index is -3.71. The van der Waals surface area contributed by atoms with Crippen LogP contribution >= 0.6 is 10.7 Å². The monoisotopic (exact) mass is 269 g/mol. The van der Waals surface area contributed by atoms with Crippen LogP contribution in [0.15, 0.2) is 47.5 Å². The van der Waals surface area contributed by atoms with Crippen molar-refractivity contribution in [2.75, 3.05) is 0 Å². The molecule has 0 unspecified atom stereocenters. The normalized spacial score (nSPS) is 12.6. The van der Waals surface area contributed by atoms with Gasteiger partial charge in [-0.05, 0) is 13.0 Å². The van der Waals surface area contributed by atoms with Crippen molar-refractivity contribution >= 4 is 30.6 Å². The summed E-state index contributed by atoms with van der Waals surface area (Å²) in [7, 11) is 1.72. The summed E-state index contributed by atoms with van der Waals surface area (Å²) in [5, 5.41) is 0.659. The van der Waals surface area contributed by atoms with E-state index in [2.05, 4.69) is 0 Å². The second-order valence-corrected chi connectivity index (χ2v) is 6.20. The third-order valence-corrected chi connectivity index (χ3v) is 3.90. The van der Waals surface area contributed by atoms with Crippen LogP contribution in [0.2, 0.25) is 0 Å². The van der Waals surface area contributed by atoms with Crippen molar-refractivity contribution in [3.8, 4) is 0 Å². The fourth-order valence-corrected chi connectivity index (χ4v) is 2.83. The van der Waals surface area contributed by atoms with Gasteiger partial charge in [0.05, 0.1) is 0 Å². The van der Waals surface area contributed by atoms with Crippen molar-refractivity contribution in [1.29, 1.82) is 0 Å². The minimum Gasteiger partial charge on any atom is -0.342 e. The maximum Gasteiger partial charge on any atom is 0.263 e. The predicted octanol–water partition coefficient (Wildman–Crippen LogP) is 3.14. The van der Waals surface area contributed by atoms with E-state index in [4.69, 9.17) is 10.7 Å². The number of para-hydroxylation sites is 1. The van der Waals surface area contributed by atoms with Gasteiger partial charge >= 0.3 is 0 Å². The molecule has 0 aliphatic carbocycles. The first-order valence-electron chi connectivity index (χ1n) is 5.17. The third kappa shape index (κ3) is 2.37. The molecule has 0 aliphatic heterocycles. The summed E-state index contributed by atoms with van der Waals surface area (Å²) in [6.45, 7) is 2.55. The Morgan fingerprint density at radius 1 is 1.35 bits per heavy atom. The number of hydrogen-bond acceptors (Lipinski definition) is 2.